The Balaban J connectivity index is 1.62. The molecule has 6 heteroatoms. The van der Waals surface area contributed by atoms with Gasteiger partial charge in [0.25, 0.3) is 0 Å². The number of amides is 1. The number of pyridine rings is 1. The van der Waals surface area contributed by atoms with E-state index in [0.29, 0.717) is 19.5 Å². The first-order valence-electron chi connectivity index (χ1n) is 7.77. The van der Waals surface area contributed by atoms with Crippen LogP contribution < -0.4 is 0 Å². The van der Waals surface area contributed by atoms with Crippen molar-refractivity contribution in [3.05, 3.63) is 47.6 Å². The number of carbonyl (C=O) groups excluding carboxylic acids is 1. The zero-order chi connectivity index (χ0) is 16.2. The van der Waals surface area contributed by atoms with E-state index in [-0.39, 0.29) is 17.9 Å². The monoisotopic (exact) mass is 315 g/mol. The molecule has 0 radical (unpaired) electrons. The Bertz CT molecular complexity index is 656. The van der Waals surface area contributed by atoms with Crippen LogP contribution in [0.1, 0.15) is 17.0 Å². The number of likely N-dealkylation sites (tertiary alicyclic amines) is 1. The van der Waals surface area contributed by atoms with Gasteiger partial charge in [-0.05, 0) is 18.6 Å². The van der Waals surface area contributed by atoms with E-state index in [1.807, 2.05) is 30.0 Å². The number of aryl methyl sites for hydroxylation is 1. The van der Waals surface area contributed by atoms with Crippen LogP contribution in [-0.2, 0) is 22.4 Å². The van der Waals surface area contributed by atoms with Crippen molar-refractivity contribution in [1.29, 1.82) is 0 Å². The molecule has 1 fully saturated rings. The van der Waals surface area contributed by atoms with Gasteiger partial charge in [-0.15, -0.1) is 0 Å². The summed E-state index contributed by atoms with van der Waals surface area (Å²) in [5.74, 6) is 1.18. The predicted octanol–water partition coefficient (Wildman–Crippen LogP) is 1.64. The lowest BCUT2D eigenvalue weighted by Crippen LogP contribution is -2.31. The maximum Gasteiger partial charge on any atom is 0.227 e. The molecular formula is C17H21N3O3. The molecule has 1 amide bonds. The van der Waals surface area contributed by atoms with Crippen molar-refractivity contribution in [2.24, 2.45) is 5.92 Å². The first-order valence-corrected chi connectivity index (χ1v) is 7.77. The van der Waals surface area contributed by atoms with Gasteiger partial charge in [0.05, 0.1) is 18.2 Å². The van der Waals surface area contributed by atoms with Gasteiger partial charge in [0.2, 0.25) is 5.91 Å². The zero-order valence-electron chi connectivity index (χ0n) is 13.4. The number of methoxy groups -OCH3 is 1. The number of hydrogen-bond donors (Lipinski definition) is 0. The van der Waals surface area contributed by atoms with Gasteiger partial charge in [-0.25, -0.2) is 0 Å². The Morgan fingerprint density at radius 3 is 3.00 bits per heavy atom. The van der Waals surface area contributed by atoms with E-state index in [1.165, 1.54) is 0 Å². The number of carbonyl (C=O) groups is 1. The topological polar surface area (TPSA) is 68.5 Å². The minimum Gasteiger partial charge on any atom is -0.379 e. The summed E-state index contributed by atoms with van der Waals surface area (Å²) >= 11 is 0. The standard InChI is InChI=1S/C17H21N3O3/c1-12-6-15(23-19-12)8-14-10-20(11-16(14)22-2)17(21)7-13-4-3-5-18-9-13/h3-6,9,14,16H,7-8,10-11H2,1-2H3/t14-,16+/m1/s1. The Labute approximate surface area is 135 Å². The first-order chi connectivity index (χ1) is 11.2. The third-order valence-electron chi connectivity index (χ3n) is 4.25. The number of rotatable bonds is 5. The van der Waals surface area contributed by atoms with E-state index in [9.17, 15) is 4.79 Å². The third kappa shape index (κ3) is 3.76. The van der Waals surface area contributed by atoms with Crippen molar-refractivity contribution < 1.29 is 14.1 Å². The van der Waals surface area contributed by atoms with Crippen LogP contribution in [0.5, 0.6) is 0 Å². The summed E-state index contributed by atoms with van der Waals surface area (Å²) in [6.07, 6.45) is 4.57. The van der Waals surface area contributed by atoms with Gasteiger partial charge in [0, 0.05) is 51.0 Å². The Morgan fingerprint density at radius 1 is 1.48 bits per heavy atom. The second-order valence-corrected chi connectivity index (χ2v) is 6.01. The first kappa shape index (κ1) is 15.7. The summed E-state index contributed by atoms with van der Waals surface area (Å²) in [5, 5.41) is 3.92. The maximum absolute atomic E-state index is 12.5. The average molecular weight is 315 g/mol. The van der Waals surface area contributed by atoms with Gasteiger partial charge in [-0.3, -0.25) is 9.78 Å². The molecule has 0 unspecified atom stereocenters. The molecule has 0 saturated carbocycles. The maximum atomic E-state index is 12.5. The van der Waals surface area contributed by atoms with Crippen LogP contribution in [0.3, 0.4) is 0 Å². The van der Waals surface area contributed by atoms with E-state index in [4.69, 9.17) is 9.26 Å². The van der Waals surface area contributed by atoms with E-state index in [1.54, 1.807) is 19.5 Å². The van der Waals surface area contributed by atoms with E-state index in [0.717, 1.165) is 23.4 Å². The van der Waals surface area contributed by atoms with Crippen molar-refractivity contribution in [3.8, 4) is 0 Å². The van der Waals surface area contributed by atoms with Gasteiger partial charge in [0.15, 0.2) is 0 Å². The van der Waals surface area contributed by atoms with Crippen molar-refractivity contribution >= 4 is 5.91 Å². The molecule has 2 aromatic rings. The van der Waals surface area contributed by atoms with Crippen LogP contribution in [0.2, 0.25) is 0 Å². The summed E-state index contributed by atoms with van der Waals surface area (Å²) in [5.41, 5.74) is 1.80. The highest BCUT2D eigenvalue weighted by molar-refractivity contribution is 5.79. The summed E-state index contributed by atoms with van der Waals surface area (Å²) in [6.45, 7) is 3.20. The molecule has 23 heavy (non-hydrogen) atoms. The van der Waals surface area contributed by atoms with Gasteiger partial charge >= 0.3 is 0 Å². The largest absolute Gasteiger partial charge is 0.379 e. The van der Waals surface area contributed by atoms with Crippen molar-refractivity contribution in [3.63, 3.8) is 0 Å². The lowest BCUT2D eigenvalue weighted by atomic mass is 10.0. The normalized spacial score (nSPS) is 20.9. The molecule has 1 saturated heterocycles. The summed E-state index contributed by atoms with van der Waals surface area (Å²) < 4.78 is 10.9. The lowest BCUT2D eigenvalue weighted by Gasteiger charge is -2.15. The Morgan fingerprint density at radius 2 is 2.35 bits per heavy atom. The number of ether oxygens (including phenoxy) is 1. The molecule has 0 N–H and O–H groups in total. The lowest BCUT2D eigenvalue weighted by molar-refractivity contribution is -0.129. The highest BCUT2D eigenvalue weighted by atomic mass is 16.5. The molecule has 0 bridgehead atoms. The third-order valence-corrected chi connectivity index (χ3v) is 4.25. The molecule has 6 nitrogen and oxygen atoms in total. The molecule has 0 aromatic carbocycles. The van der Waals surface area contributed by atoms with Gasteiger partial charge in [0.1, 0.15) is 5.76 Å². The van der Waals surface area contributed by atoms with Crippen LogP contribution in [-0.4, -0.2) is 47.3 Å². The molecule has 3 rings (SSSR count). The van der Waals surface area contributed by atoms with E-state index < -0.39 is 0 Å². The van der Waals surface area contributed by atoms with Gasteiger partial charge in [-0.2, -0.15) is 0 Å². The fraction of sp³-hybridized carbons (Fsp3) is 0.471. The van der Waals surface area contributed by atoms with E-state index in [2.05, 4.69) is 10.1 Å². The number of hydrogen-bond acceptors (Lipinski definition) is 5. The second kappa shape index (κ2) is 6.91. The molecule has 2 atom stereocenters. The summed E-state index contributed by atoms with van der Waals surface area (Å²) in [4.78, 5) is 18.4. The summed E-state index contributed by atoms with van der Waals surface area (Å²) in [6, 6.07) is 5.70. The highest BCUT2D eigenvalue weighted by Crippen LogP contribution is 2.24. The average Bonchev–Trinajstić information content (AvgIpc) is 3.15. The van der Waals surface area contributed by atoms with Crippen LogP contribution in [0, 0.1) is 12.8 Å². The SMILES string of the molecule is CO[C@H]1CN(C(=O)Cc2cccnc2)C[C@H]1Cc1cc(C)no1. The minimum absolute atomic E-state index is 0.0262. The quantitative estimate of drug-likeness (QED) is 0.839. The van der Waals surface area contributed by atoms with Crippen LogP contribution in [0.25, 0.3) is 0 Å². The molecule has 3 heterocycles. The number of nitrogens with zero attached hydrogens (tertiary/aromatic N) is 3. The smallest absolute Gasteiger partial charge is 0.227 e. The van der Waals surface area contributed by atoms with Gasteiger partial charge < -0.3 is 14.2 Å². The Kier molecular flexibility index (Phi) is 4.71. The molecular weight excluding hydrogens is 294 g/mol. The van der Waals surface area contributed by atoms with Crippen LogP contribution in [0.4, 0.5) is 0 Å². The molecule has 0 spiro atoms. The molecule has 122 valence electrons. The van der Waals surface area contributed by atoms with Crippen LogP contribution >= 0.6 is 0 Å². The zero-order valence-corrected chi connectivity index (χ0v) is 13.4. The number of aromatic nitrogens is 2. The van der Waals surface area contributed by atoms with Crippen LogP contribution in [0.15, 0.2) is 35.1 Å². The van der Waals surface area contributed by atoms with Crippen molar-refractivity contribution in [2.45, 2.75) is 25.9 Å². The molecule has 0 aliphatic carbocycles. The van der Waals surface area contributed by atoms with E-state index >= 15 is 0 Å². The van der Waals surface area contributed by atoms with Gasteiger partial charge in [-0.1, -0.05) is 11.2 Å². The molecule has 1 aliphatic rings. The van der Waals surface area contributed by atoms with Crippen molar-refractivity contribution in [1.82, 2.24) is 15.0 Å². The Hall–Kier alpha value is -2.21. The molecule has 2 aromatic heterocycles. The fourth-order valence-electron chi connectivity index (χ4n) is 3.07. The summed E-state index contributed by atoms with van der Waals surface area (Å²) in [7, 11) is 1.69. The molecule has 1 aliphatic heterocycles. The fourth-order valence-corrected chi connectivity index (χ4v) is 3.07. The minimum atomic E-state index is 0.0262. The highest BCUT2D eigenvalue weighted by Gasteiger charge is 2.35. The predicted molar refractivity (Wildman–Crippen MR) is 83.8 cm³/mol. The second-order valence-electron chi connectivity index (χ2n) is 6.01. The van der Waals surface area contributed by atoms with Crippen molar-refractivity contribution in [2.75, 3.05) is 20.2 Å².